The van der Waals surface area contributed by atoms with Gasteiger partial charge in [0.05, 0.1) is 22.0 Å². The number of fused-ring (bicyclic) bond motifs is 2. The van der Waals surface area contributed by atoms with E-state index in [2.05, 4.69) is 25.8 Å². The Kier molecular flexibility index (Phi) is 5.14. The van der Waals surface area contributed by atoms with Gasteiger partial charge in [-0.3, -0.25) is 14.5 Å². The van der Waals surface area contributed by atoms with Crippen molar-refractivity contribution in [2.75, 3.05) is 4.90 Å². The fourth-order valence-electron chi connectivity index (χ4n) is 4.46. The van der Waals surface area contributed by atoms with Gasteiger partial charge in [0.1, 0.15) is 11.4 Å². The molecule has 0 N–H and O–H groups in total. The molecule has 1 amide bonds. The van der Waals surface area contributed by atoms with E-state index in [1.807, 2.05) is 50.2 Å². The molecule has 1 aliphatic rings. The van der Waals surface area contributed by atoms with Crippen LogP contribution in [0.2, 0.25) is 5.02 Å². The largest absolute Gasteiger partial charge is 0.450 e. The molecular formula is C28H25ClN2O3. The lowest BCUT2D eigenvalue weighted by molar-refractivity contribution is 0.0970. The number of carbonyl (C=O) groups is 1. The zero-order chi connectivity index (χ0) is 24.4. The number of aromatic nitrogens is 1. The number of rotatable bonds is 2. The Hall–Kier alpha value is -3.44. The number of pyridine rings is 1. The first kappa shape index (κ1) is 22.4. The van der Waals surface area contributed by atoms with Crippen LogP contribution in [0.5, 0.6) is 0 Å². The first-order valence-corrected chi connectivity index (χ1v) is 11.6. The molecule has 1 aliphatic heterocycles. The number of anilines is 1. The summed E-state index contributed by atoms with van der Waals surface area (Å²) in [7, 11) is 0. The number of benzene rings is 2. The van der Waals surface area contributed by atoms with E-state index in [1.54, 1.807) is 12.1 Å². The Bertz CT molecular complexity index is 1500. The van der Waals surface area contributed by atoms with Crippen LogP contribution < -0.4 is 10.3 Å². The van der Waals surface area contributed by atoms with Crippen LogP contribution in [-0.4, -0.2) is 10.9 Å². The third-order valence-corrected chi connectivity index (χ3v) is 6.76. The second-order valence-corrected chi connectivity index (χ2v) is 10.3. The number of aryl methyl sites for hydroxylation is 2. The summed E-state index contributed by atoms with van der Waals surface area (Å²) < 4.78 is 6.09. The molecule has 1 unspecified atom stereocenters. The van der Waals surface area contributed by atoms with Crippen molar-refractivity contribution in [1.82, 2.24) is 4.98 Å². The van der Waals surface area contributed by atoms with Gasteiger partial charge in [-0.25, -0.2) is 4.98 Å². The molecule has 1 atom stereocenters. The van der Waals surface area contributed by atoms with Crippen molar-refractivity contribution in [1.29, 1.82) is 0 Å². The third-order valence-electron chi connectivity index (χ3n) is 6.54. The lowest BCUT2D eigenvalue weighted by Crippen LogP contribution is -2.30. The van der Waals surface area contributed by atoms with E-state index in [0.29, 0.717) is 27.4 Å². The molecule has 2 aromatic carbocycles. The van der Waals surface area contributed by atoms with Crippen LogP contribution >= 0.6 is 11.6 Å². The van der Waals surface area contributed by atoms with Crippen molar-refractivity contribution in [3.05, 3.63) is 104 Å². The van der Waals surface area contributed by atoms with Gasteiger partial charge in [0.25, 0.3) is 5.91 Å². The summed E-state index contributed by atoms with van der Waals surface area (Å²) in [6.07, 6.45) is 1.49. The molecule has 0 bridgehead atoms. The van der Waals surface area contributed by atoms with Crippen LogP contribution in [0, 0.1) is 13.8 Å². The maximum absolute atomic E-state index is 13.8. The van der Waals surface area contributed by atoms with Gasteiger partial charge in [-0.2, -0.15) is 0 Å². The predicted molar refractivity (Wildman–Crippen MR) is 135 cm³/mol. The van der Waals surface area contributed by atoms with Gasteiger partial charge in [-0.05, 0) is 65.8 Å². The lowest BCUT2D eigenvalue weighted by atomic mass is 9.86. The summed E-state index contributed by atoms with van der Waals surface area (Å²) in [5, 5.41) is 0.932. The van der Waals surface area contributed by atoms with Crippen LogP contribution in [0.15, 0.2) is 63.9 Å². The summed E-state index contributed by atoms with van der Waals surface area (Å²) in [6.45, 7) is 10.3. The summed E-state index contributed by atoms with van der Waals surface area (Å²) in [5.74, 6) is 0.0656. The highest BCUT2D eigenvalue weighted by Crippen LogP contribution is 2.41. The van der Waals surface area contributed by atoms with Crippen molar-refractivity contribution in [3.8, 4) is 0 Å². The van der Waals surface area contributed by atoms with Crippen molar-refractivity contribution >= 4 is 34.3 Å². The van der Waals surface area contributed by atoms with Crippen LogP contribution in [0.1, 0.15) is 65.2 Å². The Labute approximate surface area is 203 Å². The number of carbonyl (C=O) groups excluding carboxylic acids is 1. The molecule has 0 aliphatic carbocycles. The van der Waals surface area contributed by atoms with E-state index in [9.17, 15) is 9.59 Å². The number of halogens is 1. The van der Waals surface area contributed by atoms with Crippen molar-refractivity contribution in [2.45, 2.75) is 46.1 Å². The molecule has 6 heteroatoms. The smallest absolute Gasteiger partial charge is 0.296 e. The molecule has 3 heterocycles. The Morgan fingerprint density at radius 1 is 0.971 bits per heavy atom. The van der Waals surface area contributed by atoms with Gasteiger partial charge in [0, 0.05) is 6.20 Å². The minimum absolute atomic E-state index is 0.0238. The number of nitrogens with zero attached hydrogens (tertiary/aromatic N) is 2. The number of hydrogen-bond donors (Lipinski definition) is 0. The second-order valence-electron chi connectivity index (χ2n) is 9.89. The first-order chi connectivity index (χ1) is 16.1. The van der Waals surface area contributed by atoms with Gasteiger partial charge < -0.3 is 4.42 Å². The maximum atomic E-state index is 13.8. The fourth-order valence-corrected chi connectivity index (χ4v) is 4.57. The number of hydrogen-bond acceptors (Lipinski definition) is 4. The normalized spacial score (nSPS) is 15.8. The van der Waals surface area contributed by atoms with Crippen LogP contribution in [-0.2, 0) is 5.41 Å². The molecule has 0 fully saturated rings. The monoisotopic (exact) mass is 472 g/mol. The highest BCUT2D eigenvalue weighted by atomic mass is 35.5. The zero-order valence-corrected chi connectivity index (χ0v) is 20.5. The molecule has 0 spiro atoms. The number of amides is 1. The molecule has 0 saturated carbocycles. The molecule has 4 aromatic rings. The Balaban J connectivity index is 1.78. The standard InChI is InChI=1S/C28H25ClN2O3/c1-15-12-20-21(13-16(15)2)34-26-23(25(20)32)24(17-6-8-18(9-7-17)28(3,4)5)31(27(26)33)22-11-10-19(29)14-30-22/h6-14,24H,1-5H3. The van der Waals surface area contributed by atoms with E-state index < -0.39 is 11.9 Å². The van der Waals surface area contributed by atoms with Gasteiger partial charge in [0.2, 0.25) is 5.76 Å². The second kappa shape index (κ2) is 7.81. The molecule has 2 aromatic heterocycles. The highest BCUT2D eigenvalue weighted by Gasteiger charge is 2.44. The molecule has 34 heavy (non-hydrogen) atoms. The molecule has 0 saturated heterocycles. The van der Waals surface area contributed by atoms with Crippen molar-refractivity contribution in [2.24, 2.45) is 0 Å². The average Bonchev–Trinajstić information content (AvgIpc) is 3.08. The first-order valence-electron chi connectivity index (χ1n) is 11.2. The maximum Gasteiger partial charge on any atom is 0.296 e. The summed E-state index contributed by atoms with van der Waals surface area (Å²) in [6, 6.07) is 14.4. The topological polar surface area (TPSA) is 63.4 Å². The minimum Gasteiger partial charge on any atom is -0.450 e. The molecule has 0 radical (unpaired) electrons. The van der Waals surface area contributed by atoms with E-state index in [1.165, 1.54) is 11.1 Å². The summed E-state index contributed by atoms with van der Waals surface area (Å²) in [5.41, 5.74) is 4.48. The van der Waals surface area contributed by atoms with Crippen molar-refractivity contribution < 1.29 is 9.21 Å². The van der Waals surface area contributed by atoms with E-state index in [0.717, 1.165) is 22.3 Å². The van der Waals surface area contributed by atoms with Gasteiger partial charge in [0.15, 0.2) is 5.43 Å². The summed E-state index contributed by atoms with van der Waals surface area (Å²) in [4.78, 5) is 33.4. The van der Waals surface area contributed by atoms with E-state index in [-0.39, 0.29) is 16.6 Å². The molecule has 5 nitrogen and oxygen atoms in total. The van der Waals surface area contributed by atoms with E-state index >= 15 is 0 Å². The van der Waals surface area contributed by atoms with E-state index in [4.69, 9.17) is 16.0 Å². The SMILES string of the molecule is Cc1cc2oc3c(c(=O)c2cc1C)C(c1ccc(C(C)(C)C)cc1)N(c1ccc(Cl)cn1)C3=O. The minimum atomic E-state index is -0.660. The van der Waals surface area contributed by atoms with Gasteiger partial charge in [-0.15, -0.1) is 0 Å². The van der Waals surface area contributed by atoms with Crippen LogP contribution in [0.25, 0.3) is 11.0 Å². The zero-order valence-electron chi connectivity index (χ0n) is 19.8. The quantitative estimate of drug-likeness (QED) is 0.334. The fraction of sp³-hybridized carbons (Fsp3) is 0.250. The van der Waals surface area contributed by atoms with Gasteiger partial charge in [-0.1, -0.05) is 56.6 Å². The summed E-state index contributed by atoms with van der Waals surface area (Å²) >= 11 is 6.05. The third kappa shape index (κ3) is 3.51. The van der Waals surface area contributed by atoms with Gasteiger partial charge >= 0.3 is 0 Å². The molecular weight excluding hydrogens is 448 g/mol. The lowest BCUT2D eigenvalue weighted by Gasteiger charge is -2.25. The van der Waals surface area contributed by atoms with Crippen LogP contribution in [0.4, 0.5) is 5.82 Å². The molecule has 5 rings (SSSR count). The highest BCUT2D eigenvalue weighted by molar-refractivity contribution is 6.30. The predicted octanol–water partition coefficient (Wildman–Crippen LogP) is 6.51. The van der Waals surface area contributed by atoms with Crippen molar-refractivity contribution in [3.63, 3.8) is 0 Å². The molecule has 172 valence electrons. The van der Waals surface area contributed by atoms with Crippen LogP contribution in [0.3, 0.4) is 0 Å². The Morgan fingerprint density at radius 2 is 1.65 bits per heavy atom. The average molecular weight is 473 g/mol. The Morgan fingerprint density at radius 3 is 2.26 bits per heavy atom.